The molecule has 4 heteroatoms. The van der Waals surface area contributed by atoms with Crippen molar-refractivity contribution in [3.05, 3.63) is 70.8 Å². The van der Waals surface area contributed by atoms with Crippen LogP contribution in [0.1, 0.15) is 39.9 Å². The quantitative estimate of drug-likeness (QED) is 0.815. The number of ketones is 1. The lowest BCUT2D eigenvalue weighted by Gasteiger charge is -2.17. The summed E-state index contributed by atoms with van der Waals surface area (Å²) in [4.78, 5) is 26.5. The SMILES string of the molecule is CN(Cc1ccccc1)C(=O)CCC(=O)c1ccc2c(c1)CCNCC2. The number of nitrogens with zero attached hydrogens (tertiary/aromatic N) is 1. The van der Waals surface area contributed by atoms with Crippen molar-refractivity contribution in [3.8, 4) is 0 Å². The molecule has 0 aliphatic carbocycles. The molecule has 1 N–H and O–H groups in total. The molecule has 0 saturated carbocycles. The summed E-state index contributed by atoms with van der Waals surface area (Å²) < 4.78 is 0. The van der Waals surface area contributed by atoms with E-state index in [2.05, 4.69) is 11.4 Å². The fraction of sp³-hybridized carbons (Fsp3) is 0.364. The Morgan fingerprint density at radius 1 is 0.962 bits per heavy atom. The van der Waals surface area contributed by atoms with E-state index in [0.29, 0.717) is 6.54 Å². The fourth-order valence-corrected chi connectivity index (χ4v) is 3.35. The molecule has 1 aliphatic rings. The van der Waals surface area contributed by atoms with Crippen molar-refractivity contribution in [1.82, 2.24) is 10.2 Å². The number of Topliss-reactive ketones (excluding diaryl/α,β-unsaturated/α-hetero) is 1. The zero-order valence-corrected chi connectivity index (χ0v) is 15.3. The average molecular weight is 350 g/mol. The third kappa shape index (κ3) is 4.79. The number of hydrogen-bond donors (Lipinski definition) is 1. The molecule has 0 fully saturated rings. The van der Waals surface area contributed by atoms with Gasteiger partial charge in [0.1, 0.15) is 0 Å². The molecular formula is C22H26N2O2. The highest BCUT2D eigenvalue weighted by Crippen LogP contribution is 2.17. The van der Waals surface area contributed by atoms with Crippen LogP contribution in [0.4, 0.5) is 0 Å². The number of amides is 1. The van der Waals surface area contributed by atoms with Gasteiger partial charge in [0.05, 0.1) is 0 Å². The maximum Gasteiger partial charge on any atom is 0.223 e. The largest absolute Gasteiger partial charge is 0.341 e. The highest BCUT2D eigenvalue weighted by Gasteiger charge is 2.15. The van der Waals surface area contributed by atoms with Crippen molar-refractivity contribution in [3.63, 3.8) is 0 Å². The van der Waals surface area contributed by atoms with Gasteiger partial charge in [-0.2, -0.15) is 0 Å². The first kappa shape index (κ1) is 18.3. The number of nitrogens with one attached hydrogen (secondary N) is 1. The van der Waals surface area contributed by atoms with Gasteiger partial charge in [0, 0.05) is 32.0 Å². The monoisotopic (exact) mass is 350 g/mol. The van der Waals surface area contributed by atoms with E-state index in [1.807, 2.05) is 42.5 Å². The van der Waals surface area contributed by atoms with Gasteiger partial charge in [-0.05, 0) is 48.7 Å². The molecule has 4 nitrogen and oxygen atoms in total. The smallest absolute Gasteiger partial charge is 0.223 e. The minimum Gasteiger partial charge on any atom is -0.341 e. The molecule has 1 amide bonds. The van der Waals surface area contributed by atoms with E-state index >= 15 is 0 Å². The Kier molecular flexibility index (Phi) is 6.18. The van der Waals surface area contributed by atoms with E-state index in [-0.39, 0.29) is 24.5 Å². The normalized spacial score (nSPS) is 13.6. The van der Waals surface area contributed by atoms with Crippen molar-refractivity contribution in [2.45, 2.75) is 32.2 Å². The molecule has 0 aromatic heterocycles. The molecule has 0 atom stereocenters. The summed E-state index contributed by atoms with van der Waals surface area (Å²) in [6.07, 6.45) is 2.47. The summed E-state index contributed by atoms with van der Waals surface area (Å²) in [6, 6.07) is 15.9. The molecule has 1 heterocycles. The van der Waals surface area contributed by atoms with Gasteiger partial charge < -0.3 is 10.2 Å². The molecule has 2 aromatic carbocycles. The maximum atomic E-state index is 12.5. The van der Waals surface area contributed by atoms with Crippen LogP contribution in [0.2, 0.25) is 0 Å². The molecule has 0 spiro atoms. The van der Waals surface area contributed by atoms with Gasteiger partial charge in [-0.1, -0.05) is 42.5 Å². The minimum absolute atomic E-state index is 0.00108. The van der Waals surface area contributed by atoms with Crippen LogP contribution < -0.4 is 5.32 Å². The first-order valence-electron chi connectivity index (χ1n) is 9.27. The number of carbonyl (C=O) groups excluding carboxylic acids is 2. The summed E-state index contributed by atoms with van der Waals surface area (Å²) in [7, 11) is 1.79. The molecule has 1 aliphatic heterocycles. The first-order valence-corrected chi connectivity index (χ1v) is 9.27. The Morgan fingerprint density at radius 2 is 1.69 bits per heavy atom. The van der Waals surface area contributed by atoms with Gasteiger partial charge >= 0.3 is 0 Å². The summed E-state index contributed by atoms with van der Waals surface area (Å²) in [6.45, 7) is 2.51. The summed E-state index contributed by atoms with van der Waals surface area (Å²) in [5, 5.41) is 3.38. The Hall–Kier alpha value is -2.46. The van der Waals surface area contributed by atoms with Crippen molar-refractivity contribution >= 4 is 11.7 Å². The van der Waals surface area contributed by atoms with Gasteiger partial charge in [-0.25, -0.2) is 0 Å². The van der Waals surface area contributed by atoms with Crippen molar-refractivity contribution in [2.75, 3.05) is 20.1 Å². The van der Waals surface area contributed by atoms with Crippen LogP contribution in [-0.4, -0.2) is 36.7 Å². The van der Waals surface area contributed by atoms with Crippen molar-refractivity contribution in [2.24, 2.45) is 0 Å². The third-order valence-corrected chi connectivity index (χ3v) is 4.92. The second kappa shape index (κ2) is 8.77. The number of hydrogen-bond acceptors (Lipinski definition) is 3. The summed E-state index contributed by atoms with van der Waals surface area (Å²) in [5.74, 6) is 0.0487. The van der Waals surface area contributed by atoms with Crippen LogP contribution in [0.15, 0.2) is 48.5 Å². The van der Waals surface area contributed by atoms with E-state index in [1.54, 1.807) is 11.9 Å². The molecule has 26 heavy (non-hydrogen) atoms. The Morgan fingerprint density at radius 3 is 2.46 bits per heavy atom. The molecule has 0 radical (unpaired) electrons. The van der Waals surface area contributed by atoms with E-state index in [4.69, 9.17) is 0 Å². The lowest BCUT2D eigenvalue weighted by Crippen LogP contribution is -2.26. The number of carbonyl (C=O) groups is 2. The van der Waals surface area contributed by atoms with Gasteiger partial charge in [0.15, 0.2) is 5.78 Å². The van der Waals surface area contributed by atoms with Crippen molar-refractivity contribution < 1.29 is 9.59 Å². The highest BCUT2D eigenvalue weighted by atomic mass is 16.2. The second-order valence-electron chi connectivity index (χ2n) is 6.89. The number of rotatable bonds is 6. The zero-order valence-electron chi connectivity index (χ0n) is 15.3. The molecule has 0 saturated heterocycles. The van der Waals surface area contributed by atoms with Crippen LogP contribution in [0.3, 0.4) is 0 Å². The molecular weight excluding hydrogens is 324 g/mol. The Balaban J connectivity index is 1.55. The topological polar surface area (TPSA) is 49.4 Å². The van der Waals surface area contributed by atoms with E-state index in [1.165, 1.54) is 11.1 Å². The molecule has 3 rings (SSSR count). The van der Waals surface area contributed by atoms with E-state index in [0.717, 1.165) is 37.1 Å². The van der Waals surface area contributed by atoms with Gasteiger partial charge in [0.25, 0.3) is 0 Å². The van der Waals surface area contributed by atoms with Gasteiger partial charge in [-0.3, -0.25) is 9.59 Å². The number of fused-ring (bicyclic) bond motifs is 1. The lowest BCUT2D eigenvalue weighted by atomic mass is 9.97. The first-order chi connectivity index (χ1) is 12.6. The number of benzene rings is 2. The van der Waals surface area contributed by atoms with Crippen LogP contribution in [0.25, 0.3) is 0 Å². The average Bonchev–Trinajstić information content (AvgIpc) is 2.91. The van der Waals surface area contributed by atoms with Crippen LogP contribution >= 0.6 is 0 Å². The summed E-state index contributed by atoms with van der Waals surface area (Å²) >= 11 is 0. The van der Waals surface area contributed by atoms with Gasteiger partial charge in [-0.15, -0.1) is 0 Å². The standard InChI is InChI=1S/C22H26N2O2/c1-24(16-17-5-3-2-4-6-17)22(26)10-9-21(25)20-8-7-18-11-13-23-14-12-19(18)15-20/h2-8,15,23H,9-14,16H2,1H3. The predicted molar refractivity (Wildman–Crippen MR) is 103 cm³/mol. The zero-order chi connectivity index (χ0) is 18.4. The molecule has 0 bridgehead atoms. The van der Waals surface area contributed by atoms with Crippen LogP contribution in [-0.2, 0) is 24.2 Å². The maximum absolute atomic E-state index is 12.5. The molecule has 0 unspecified atom stereocenters. The van der Waals surface area contributed by atoms with Crippen LogP contribution in [0.5, 0.6) is 0 Å². The van der Waals surface area contributed by atoms with Crippen LogP contribution in [0, 0.1) is 0 Å². The third-order valence-electron chi connectivity index (χ3n) is 4.92. The Labute approximate surface area is 155 Å². The lowest BCUT2D eigenvalue weighted by molar-refractivity contribution is -0.130. The van der Waals surface area contributed by atoms with E-state index < -0.39 is 0 Å². The van der Waals surface area contributed by atoms with E-state index in [9.17, 15) is 9.59 Å². The summed E-state index contributed by atoms with van der Waals surface area (Å²) in [5.41, 5.74) is 4.40. The molecule has 136 valence electrons. The Bertz CT molecular complexity index is 771. The van der Waals surface area contributed by atoms with Gasteiger partial charge in [0.2, 0.25) is 5.91 Å². The predicted octanol–water partition coefficient (Wildman–Crippen LogP) is 3.00. The highest BCUT2D eigenvalue weighted by molar-refractivity contribution is 5.98. The second-order valence-corrected chi connectivity index (χ2v) is 6.89. The fourth-order valence-electron chi connectivity index (χ4n) is 3.35. The minimum atomic E-state index is 0.00108. The molecule has 2 aromatic rings. The van der Waals surface area contributed by atoms with Crippen molar-refractivity contribution in [1.29, 1.82) is 0 Å².